The summed E-state index contributed by atoms with van der Waals surface area (Å²) in [7, 11) is 2.82. The zero-order valence-electron chi connectivity index (χ0n) is 13.1. The fraction of sp³-hybridized carbons (Fsp3) is 0.294. The van der Waals surface area contributed by atoms with Crippen LogP contribution in [0, 0.1) is 0 Å². The standard InChI is InChI=1S/C17H18O7/c1-22-16-11(19)6-4-9-13(21)17(23-2)14(24-15(9)16)8-3-5-10(18)12(20)7-8/h3-7,13-14,17-21H,1-2H3. The molecule has 0 amide bonds. The van der Waals surface area contributed by atoms with Crippen LogP contribution in [0.15, 0.2) is 30.3 Å². The van der Waals surface area contributed by atoms with Gasteiger partial charge in [-0.1, -0.05) is 6.07 Å². The van der Waals surface area contributed by atoms with Gasteiger partial charge in [-0.15, -0.1) is 0 Å². The van der Waals surface area contributed by atoms with Crippen LogP contribution in [-0.2, 0) is 4.74 Å². The van der Waals surface area contributed by atoms with Gasteiger partial charge >= 0.3 is 0 Å². The number of aliphatic hydroxyl groups is 1. The van der Waals surface area contributed by atoms with Crippen LogP contribution < -0.4 is 9.47 Å². The molecule has 24 heavy (non-hydrogen) atoms. The molecule has 1 aliphatic heterocycles. The van der Waals surface area contributed by atoms with Crippen molar-refractivity contribution in [2.75, 3.05) is 14.2 Å². The van der Waals surface area contributed by atoms with Crippen molar-refractivity contribution in [1.82, 2.24) is 0 Å². The molecule has 7 heteroatoms. The Kier molecular flexibility index (Phi) is 4.13. The van der Waals surface area contributed by atoms with Gasteiger partial charge in [0, 0.05) is 12.7 Å². The molecule has 0 saturated carbocycles. The number of benzene rings is 2. The average molecular weight is 334 g/mol. The zero-order valence-corrected chi connectivity index (χ0v) is 13.1. The molecule has 0 saturated heterocycles. The zero-order chi connectivity index (χ0) is 17.4. The second-order valence-corrected chi connectivity index (χ2v) is 5.47. The van der Waals surface area contributed by atoms with Crippen molar-refractivity contribution in [3.8, 4) is 28.7 Å². The Bertz CT molecular complexity index is 759. The summed E-state index contributed by atoms with van der Waals surface area (Å²) in [6, 6.07) is 7.15. The molecule has 0 radical (unpaired) electrons. The van der Waals surface area contributed by atoms with Crippen LogP contribution in [0.2, 0.25) is 0 Å². The lowest BCUT2D eigenvalue weighted by molar-refractivity contribution is -0.0923. The van der Waals surface area contributed by atoms with Gasteiger partial charge in [0.2, 0.25) is 5.75 Å². The van der Waals surface area contributed by atoms with Gasteiger partial charge in [0.1, 0.15) is 12.2 Å². The Balaban J connectivity index is 2.11. The summed E-state index contributed by atoms with van der Waals surface area (Å²) >= 11 is 0. The van der Waals surface area contributed by atoms with Crippen LogP contribution >= 0.6 is 0 Å². The first-order valence-corrected chi connectivity index (χ1v) is 7.27. The van der Waals surface area contributed by atoms with Gasteiger partial charge in [-0.3, -0.25) is 0 Å². The lowest BCUT2D eigenvalue weighted by Gasteiger charge is -2.37. The largest absolute Gasteiger partial charge is 0.504 e. The molecule has 7 nitrogen and oxygen atoms in total. The van der Waals surface area contributed by atoms with Crippen LogP contribution in [0.4, 0.5) is 0 Å². The van der Waals surface area contributed by atoms with Crippen LogP contribution in [-0.4, -0.2) is 40.7 Å². The number of ether oxygens (including phenoxy) is 3. The normalized spacial score (nSPS) is 22.5. The number of fused-ring (bicyclic) bond motifs is 1. The second kappa shape index (κ2) is 6.10. The third-order valence-corrected chi connectivity index (χ3v) is 4.10. The predicted molar refractivity (Wildman–Crippen MR) is 83.6 cm³/mol. The first-order valence-electron chi connectivity index (χ1n) is 7.27. The predicted octanol–water partition coefficient (Wildman–Crippen LogP) is 1.99. The van der Waals surface area contributed by atoms with E-state index in [1.54, 1.807) is 6.07 Å². The molecule has 3 atom stereocenters. The van der Waals surface area contributed by atoms with Crippen LogP contribution in [0.5, 0.6) is 28.7 Å². The molecule has 3 unspecified atom stereocenters. The van der Waals surface area contributed by atoms with Gasteiger partial charge in [0.05, 0.1) is 7.11 Å². The molecular formula is C17H18O7. The maximum atomic E-state index is 10.6. The summed E-state index contributed by atoms with van der Waals surface area (Å²) in [6.45, 7) is 0. The quantitative estimate of drug-likeness (QED) is 0.636. The third-order valence-electron chi connectivity index (χ3n) is 4.10. The molecule has 1 heterocycles. The molecule has 0 bridgehead atoms. The third kappa shape index (κ3) is 2.47. The molecule has 3 rings (SSSR count). The monoisotopic (exact) mass is 334 g/mol. The highest BCUT2D eigenvalue weighted by molar-refractivity contribution is 5.57. The molecule has 0 aromatic heterocycles. The van der Waals surface area contributed by atoms with Crippen molar-refractivity contribution in [1.29, 1.82) is 0 Å². The molecule has 2 aromatic rings. The van der Waals surface area contributed by atoms with E-state index in [4.69, 9.17) is 14.2 Å². The molecule has 0 fully saturated rings. The van der Waals surface area contributed by atoms with E-state index in [-0.39, 0.29) is 28.7 Å². The lowest BCUT2D eigenvalue weighted by Crippen LogP contribution is -2.36. The summed E-state index contributed by atoms with van der Waals surface area (Å²) in [5, 5.41) is 39.7. The smallest absolute Gasteiger partial charge is 0.203 e. The number of aromatic hydroxyl groups is 3. The van der Waals surface area contributed by atoms with Gasteiger partial charge in [-0.2, -0.15) is 0 Å². The SMILES string of the molecule is COc1c(O)ccc2c1OC(c1ccc(O)c(O)c1)C(OC)C2O. The number of aliphatic hydroxyl groups excluding tert-OH is 1. The highest BCUT2D eigenvalue weighted by atomic mass is 16.6. The van der Waals surface area contributed by atoms with E-state index in [9.17, 15) is 20.4 Å². The van der Waals surface area contributed by atoms with E-state index >= 15 is 0 Å². The lowest BCUT2D eigenvalue weighted by atomic mass is 9.91. The molecule has 4 N–H and O–H groups in total. The van der Waals surface area contributed by atoms with Crippen molar-refractivity contribution in [2.45, 2.75) is 18.3 Å². The Morgan fingerprint density at radius 3 is 2.29 bits per heavy atom. The van der Waals surface area contributed by atoms with Crippen LogP contribution in [0.1, 0.15) is 23.3 Å². The van der Waals surface area contributed by atoms with E-state index < -0.39 is 18.3 Å². The number of hydrogen-bond acceptors (Lipinski definition) is 7. The number of methoxy groups -OCH3 is 2. The van der Waals surface area contributed by atoms with Crippen molar-refractivity contribution < 1.29 is 34.6 Å². The fourth-order valence-corrected chi connectivity index (χ4v) is 2.88. The summed E-state index contributed by atoms with van der Waals surface area (Å²) in [6.07, 6.45) is -2.57. The molecule has 128 valence electrons. The highest BCUT2D eigenvalue weighted by Crippen LogP contribution is 2.50. The van der Waals surface area contributed by atoms with Gasteiger partial charge in [-0.25, -0.2) is 0 Å². The number of phenolic OH excluding ortho intramolecular Hbond substituents is 3. The minimum absolute atomic E-state index is 0.106. The first kappa shape index (κ1) is 16.2. The van der Waals surface area contributed by atoms with E-state index in [1.165, 1.54) is 38.5 Å². The van der Waals surface area contributed by atoms with Crippen LogP contribution in [0.3, 0.4) is 0 Å². The van der Waals surface area contributed by atoms with Gasteiger partial charge < -0.3 is 34.6 Å². The molecule has 0 spiro atoms. The Hall–Kier alpha value is -2.64. The summed E-state index contributed by atoms with van der Waals surface area (Å²) in [5.41, 5.74) is 0.919. The van der Waals surface area contributed by atoms with Gasteiger partial charge in [0.25, 0.3) is 0 Å². The number of rotatable bonds is 3. The van der Waals surface area contributed by atoms with E-state index in [2.05, 4.69) is 0 Å². The summed E-state index contributed by atoms with van der Waals surface area (Å²) in [4.78, 5) is 0. The van der Waals surface area contributed by atoms with Crippen molar-refractivity contribution >= 4 is 0 Å². The van der Waals surface area contributed by atoms with Gasteiger partial charge in [0.15, 0.2) is 29.1 Å². The fourth-order valence-electron chi connectivity index (χ4n) is 2.88. The Labute approximate surface area is 138 Å². The summed E-state index contributed by atoms with van der Waals surface area (Å²) in [5.74, 6) is -0.384. The maximum Gasteiger partial charge on any atom is 0.203 e. The minimum atomic E-state index is -1.03. The average Bonchev–Trinajstić information content (AvgIpc) is 2.57. The molecule has 0 aliphatic carbocycles. The van der Waals surface area contributed by atoms with E-state index in [0.717, 1.165) is 0 Å². The second-order valence-electron chi connectivity index (χ2n) is 5.47. The summed E-state index contributed by atoms with van der Waals surface area (Å²) < 4.78 is 16.5. The number of phenols is 3. The maximum absolute atomic E-state index is 10.6. The Morgan fingerprint density at radius 1 is 0.958 bits per heavy atom. The number of hydrogen-bond donors (Lipinski definition) is 4. The first-order chi connectivity index (χ1) is 11.5. The minimum Gasteiger partial charge on any atom is -0.504 e. The topological polar surface area (TPSA) is 109 Å². The molecule has 2 aromatic carbocycles. The molecule has 1 aliphatic rings. The Morgan fingerprint density at radius 2 is 1.67 bits per heavy atom. The van der Waals surface area contributed by atoms with E-state index in [1.807, 2.05) is 0 Å². The van der Waals surface area contributed by atoms with Crippen molar-refractivity contribution in [2.24, 2.45) is 0 Å². The van der Waals surface area contributed by atoms with Crippen molar-refractivity contribution in [3.05, 3.63) is 41.5 Å². The van der Waals surface area contributed by atoms with Crippen LogP contribution in [0.25, 0.3) is 0 Å². The molecular weight excluding hydrogens is 316 g/mol. The van der Waals surface area contributed by atoms with E-state index in [0.29, 0.717) is 11.1 Å². The van der Waals surface area contributed by atoms with Gasteiger partial charge in [-0.05, 0) is 29.8 Å². The van der Waals surface area contributed by atoms with Crippen molar-refractivity contribution in [3.63, 3.8) is 0 Å². The highest BCUT2D eigenvalue weighted by Gasteiger charge is 2.41.